The molecule has 0 radical (unpaired) electrons. The molecule has 6 heteroatoms. The molecule has 0 saturated carbocycles. The van der Waals surface area contributed by atoms with Crippen molar-refractivity contribution in [3.05, 3.63) is 130 Å². The van der Waals surface area contributed by atoms with Crippen LogP contribution in [0.1, 0.15) is 45.2 Å². The minimum absolute atomic E-state index is 0.147. The average Bonchev–Trinajstić information content (AvgIpc) is 3.48. The quantitative estimate of drug-likeness (QED) is 0.288. The summed E-state index contributed by atoms with van der Waals surface area (Å²) in [5, 5.41) is 8.11. The van der Waals surface area contributed by atoms with Crippen LogP contribution in [0.2, 0.25) is 0 Å². The topological polar surface area (TPSA) is 55.1 Å². The molecule has 1 aliphatic heterocycles. The first-order chi connectivity index (χ1) is 18.4. The van der Waals surface area contributed by atoms with E-state index in [0.717, 1.165) is 45.3 Å². The van der Waals surface area contributed by atoms with Gasteiger partial charge in [0.05, 0.1) is 29.7 Å². The molecule has 6 rings (SSSR count). The number of nitrogens with zero attached hydrogens (tertiary/aromatic N) is 4. The molecular formula is C32H31N5O. The lowest BCUT2D eigenvalue weighted by atomic mass is 10.0. The molecule has 3 aromatic carbocycles. The summed E-state index contributed by atoms with van der Waals surface area (Å²) in [6.45, 7) is 8.66. The predicted octanol–water partition coefficient (Wildman–Crippen LogP) is 7.03. The van der Waals surface area contributed by atoms with Crippen LogP contribution in [0, 0.1) is 27.7 Å². The Kier molecular flexibility index (Phi) is 5.87. The first-order valence-corrected chi connectivity index (χ1v) is 12.9. The molecule has 190 valence electrons. The smallest absolute Gasteiger partial charge is 0.308 e. The minimum Gasteiger partial charge on any atom is -0.308 e. The van der Waals surface area contributed by atoms with Gasteiger partial charge < -0.3 is 14.8 Å². The first-order valence-electron chi connectivity index (χ1n) is 12.9. The van der Waals surface area contributed by atoms with Crippen molar-refractivity contribution in [2.45, 2.75) is 40.3 Å². The molecule has 0 bridgehead atoms. The largest absolute Gasteiger partial charge is 0.322 e. The van der Waals surface area contributed by atoms with Gasteiger partial charge in [0, 0.05) is 17.4 Å². The average molecular weight is 502 g/mol. The van der Waals surface area contributed by atoms with E-state index in [9.17, 15) is 4.79 Å². The molecule has 6 nitrogen and oxygen atoms in total. The van der Waals surface area contributed by atoms with Crippen molar-refractivity contribution in [1.29, 1.82) is 0 Å². The third kappa shape index (κ3) is 4.08. The van der Waals surface area contributed by atoms with Gasteiger partial charge in [-0.05, 0) is 80.8 Å². The van der Waals surface area contributed by atoms with E-state index in [1.165, 1.54) is 11.1 Å². The fraction of sp³-hybridized carbons (Fsp3) is 0.188. The number of aryl methyl sites for hydroxylation is 4. The standard InChI is InChI=1S/C32H31N5O/c1-21-12-15-25(16-13-21)30-29-11-8-18-35(29)31-28(24(4)34-37(31)27-9-6-5-7-10-27)20-36(30)32(38)33-26-17-14-22(2)23(3)19-26/h5-19,30H,20H2,1-4H3,(H,33,38)/t30-/m1/s1. The molecule has 0 aliphatic carbocycles. The summed E-state index contributed by atoms with van der Waals surface area (Å²) >= 11 is 0. The minimum atomic E-state index is -0.284. The Morgan fingerprint density at radius 1 is 0.868 bits per heavy atom. The normalized spacial score (nSPS) is 14.5. The summed E-state index contributed by atoms with van der Waals surface area (Å²) in [6.07, 6.45) is 2.07. The lowest BCUT2D eigenvalue weighted by Crippen LogP contribution is -2.38. The van der Waals surface area contributed by atoms with Crippen LogP contribution in [0.5, 0.6) is 0 Å². The van der Waals surface area contributed by atoms with Crippen LogP contribution < -0.4 is 5.32 Å². The Balaban J connectivity index is 1.52. The number of carbonyl (C=O) groups is 1. The zero-order valence-electron chi connectivity index (χ0n) is 22.1. The molecule has 5 aromatic rings. The molecule has 1 aliphatic rings. The van der Waals surface area contributed by atoms with Gasteiger partial charge in [-0.3, -0.25) is 0 Å². The Morgan fingerprint density at radius 3 is 2.37 bits per heavy atom. The second kappa shape index (κ2) is 9.38. The molecule has 0 fully saturated rings. The Morgan fingerprint density at radius 2 is 1.63 bits per heavy atom. The highest BCUT2D eigenvalue weighted by Gasteiger charge is 2.36. The summed E-state index contributed by atoms with van der Waals surface area (Å²) in [7, 11) is 0. The molecule has 3 heterocycles. The third-order valence-electron chi connectivity index (χ3n) is 7.50. The number of benzene rings is 3. The van der Waals surface area contributed by atoms with Crippen molar-refractivity contribution < 1.29 is 4.79 Å². The number of aromatic nitrogens is 3. The number of para-hydroxylation sites is 1. The van der Waals surface area contributed by atoms with Crippen molar-refractivity contribution in [2.24, 2.45) is 0 Å². The maximum Gasteiger partial charge on any atom is 0.322 e. The molecular weight excluding hydrogens is 470 g/mol. The Hall–Kier alpha value is -4.58. The number of nitrogens with one attached hydrogen (secondary N) is 1. The number of anilines is 1. The predicted molar refractivity (Wildman–Crippen MR) is 151 cm³/mol. The van der Waals surface area contributed by atoms with Crippen LogP contribution in [-0.2, 0) is 6.54 Å². The molecule has 1 N–H and O–H groups in total. The zero-order valence-corrected chi connectivity index (χ0v) is 22.1. The maximum atomic E-state index is 14.1. The van der Waals surface area contributed by atoms with Gasteiger partial charge in [-0.2, -0.15) is 5.10 Å². The van der Waals surface area contributed by atoms with E-state index in [-0.39, 0.29) is 12.1 Å². The van der Waals surface area contributed by atoms with Crippen molar-refractivity contribution in [2.75, 3.05) is 5.32 Å². The van der Waals surface area contributed by atoms with E-state index in [1.54, 1.807) is 0 Å². The van der Waals surface area contributed by atoms with Crippen molar-refractivity contribution >= 4 is 11.7 Å². The van der Waals surface area contributed by atoms with Gasteiger partial charge in [-0.15, -0.1) is 0 Å². The van der Waals surface area contributed by atoms with Crippen LogP contribution in [-0.4, -0.2) is 25.3 Å². The SMILES string of the molecule is Cc1ccc([C@@H]2c3cccn3-c3c(c(C)nn3-c3ccccc3)CN2C(=O)Nc2ccc(C)c(C)c2)cc1. The van der Waals surface area contributed by atoms with E-state index < -0.39 is 0 Å². The highest BCUT2D eigenvalue weighted by Crippen LogP contribution is 2.38. The summed E-state index contributed by atoms with van der Waals surface area (Å²) in [5.41, 5.74) is 9.30. The zero-order chi connectivity index (χ0) is 26.4. The highest BCUT2D eigenvalue weighted by molar-refractivity contribution is 5.90. The molecule has 0 unspecified atom stereocenters. The molecule has 2 aromatic heterocycles. The molecule has 0 saturated heterocycles. The lowest BCUT2D eigenvalue weighted by Gasteiger charge is -2.31. The number of hydrogen-bond acceptors (Lipinski definition) is 2. The van der Waals surface area contributed by atoms with E-state index in [1.807, 2.05) is 59.0 Å². The van der Waals surface area contributed by atoms with Gasteiger partial charge in [0.1, 0.15) is 5.82 Å². The summed E-state index contributed by atoms with van der Waals surface area (Å²) in [6, 6.07) is 28.4. The van der Waals surface area contributed by atoms with Gasteiger partial charge in [0.2, 0.25) is 0 Å². The van der Waals surface area contributed by atoms with E-state index in [0.29, 0.717) is 6.54 Å². The van der Waals surface area contributed by atoms with Crippen LogP contribution in [0.3, 0.4) is 0 Å². The second-order valence-corrected chi connectivity index (χ2v) is 10.1. The lowest BCUT2D eigenvalue weighted by molar-refractivity contribution is 0.194. The first kappa shape index (κ1) is 23.8. The fourth-order valence-corrected chi connectivity index (χ4v) is 5.26. The summed E-state index contributed by atoms with van der Waals surface area (Å²) in [4.78, 5) is 16.0. The van der Waals surface area contributed by atoms with Gasteiger partial charge in [0.25, 0.3) is 0 Å². The highest BCUT2D eigenvalue weighted by atomic mass is 16.2. The van der Waals surface area contributed by atoms with Gasteiger partial charge in [-0.1, -0.05) is 54.1 Å². The van der Waals surface area contributed by atoms with Crippen LogP contribution in [0.4, 0.5) is 10.5 Å². The number of amides is 2. The van der Waals surface area contributed by atoms with Crippen molar-refractivity contribution in [3.63, 3.8) is 0 Å². The number of fused-ring (bicyclic) bond motifs is 3. The molecule has 1 atom stereocenters. The van der Waals surface area contributed by atoms with Crippen LogP contribution >= 0.6 is 0 Å². The second-order valence-electron chi connectivity index (χ2n) is 10.1. The van der Waals surface area contributed by atoms with Crippen LogP contribution in [0.15, 0.2) is 91.1 Å². The monoisotopic (exact) mass is 501 g/mol. The summed E-state index contributed by atoms with van der Waals surface area (Å²) < 4.78 is 4.18. The fourth-order valence-electron chi connectivity index (χ4n) is 5.26. The number of hydrogen-bond donors (Lipinski definition) is 1. The number of urea groups is 1. The number of carbonyl (C=O) groups excluding carboxylic acids is 1. The van der Waals surface area contributed by atoms with E-state index in [2.05, 4.69) is 79.3 Å². The Bertz CT molecular complexity index is 1630. The van der Waals surface area contributed by atoms with Gasteiger partial charge in [0.15, 0.2) is 0 Å². The van der Waals surface area contributed by atoms with Crippen molar-refractivity contribution in [3.8, 4) is 11.5 Å². The number of rotatable bonds is 3. The molecule has 0 spiro atoms. The molecule has 38 heavy (non-hydrogen) atoms. The molecule has 2 amide bonds. The van der Waals surface area contributed by atoms with Gasteiger partial charge >= 0.3 is 6.03 Å². The third-order valence-corrected chi connectivity index (χ3v) is 7.50. The van der Waals surface area contributed by atoms with Crippen molar-refractivity contribution in [1.82, 2.24) is 19.2 Å². The van der Waals surface area contributed by atoms with E-state index >= 15 is 0 Å². The maximum absolute atomic E-state index is 14.1. The summed E-state index contributed by atoms with van der Waals surface area (Å²) in [5.74, 6) is 0.965. The Labute approximate surface area is 223 Å². The van der Waals surface area contributed by atoms with E-state index in [4.69, 9.17) is 5.10 Å². The van der Waals surface area contributed by atoms with Gasteiger partial charge in [-0.25, -0.2) is 9.48 Å². The van der Waals surface area contributed by atoms with Crippen LogP contribution in [0.25, 0.3) is 11.5 Å².